The molecule has 102 valence electrons. The van der Waals surface area contributed by atoms with Crippen LogP contribution in [0.15, 0.2) is 9.64 Å². The van der Waals surface area contributed by atoms with E-state index in [0.29, 0.717) is 24.2 Å². The van der Waals surface area contributed by atoms with Crippen LogP contribution in [0, 0.1) is 0 Å². The first kappa shape index (κ1) is 15.0. The molecule has 0 aliphatic carbocycles. The number of nitrogens with one attached hydrogen (secondary N) is 1. The molecule has 0 aliphatic heterocycles. The Morgan fingerprint density at radius 2 is 2.22 bits per heavy atom. The molecule has 1 rings (SSSR count). The Morgan fingerprint density at radius 1 is 1.50 bits per heavy atom. The number of thioether (sulfide) groups is 1. The summed E-state index contributed by atoms with van der Waals surface area (Å²) in [6.45, 7) is 5.14. The third kappa shape index (κ3) is 5.05. The van der Waals surface area contributed by atoms with Crippen molar-refractivity contribution in [1.29, 1.82) is 0 Å². The van der Waals surface area contributed by atoms with Crippen LogP contribution >= 0.6 is 11.8 Å². The van der Waals surface area contributed by atoms with Crippen LogP contribution in [0.1, 0.15) is 26.2 Å². The molecule has 1 atom stereocenters. The molecule has 0 aromatic carbocycles. The van der Waals surface area contributed by atoms with E-state index in [1.165, 1.54) is 11.8 Å². The Bertz CT molecular complexity index is 381. The third-order valence-electron chi connectivity index (χ3n) is 2.10. The smallest absolute Gasteiger partial charge is 0.277 e. The van der Waals surface area contributed by atoms with Gasteiger partial charge in [0.15, 0.2) is 0 Å². The summed E-state index contributed by atoms with van der Waals surface area (Å²) >= 11 is 1.28. The van der Waals surface area contributed by atoms with E-state index in [4.69, 9.17) is 4.42 Å². The standard InChI is InChI=1S/C11H20N4O2S/c1-5-6-12-10(16)8(2)18-11-14-13-9(17-11)7-15(3)4/h8H,5-7H2,1-4H3,(H,12,16)/t8-/m1/s1. The van der Waals surface area contributed by atoms with Gasteiger partial charge in [0.25, 0.3) is 5.22 Å². The van der Waals surface area contributed by atoms with E-state index >= 15 is 0 Å². The van der Waals surface area contributed by atoms with Crippen LogP contribution in [-0.4, -0.2) is 46.9 Å². The number of nitrogens with zero attached hydrogens (tertiary/aromatic N) is 3. The van der Waals surface area contributed by atoms with Gasteiger partial charge >= 0.3 is 0 Å². The Balaban J connectivity index is 2.46. The molecule has 1 aromatic heterocycles. The number of aromatic nitrogens is 2. The van der Waals surface area contributed by atoms with Crippen LogP contribution in [0.3, 0.4) is 0 Å². The molecule has 7 heteroatoms. The zero-order valence-electron chi connectivity index (χ0n) is 11.3. The van der Waals surface area contributed by atoms with Crippen LogP contribution < -0.4 is 5.32 Å². The summed E-state index contributed by atoms with van der Waals surface area (Å²) in [5, 5.41) is 10.9. The number of rotatable bonds is 7. The fraction of sp³-hybridized carbons (Fsp3) is 0.727. The van der Waals surface area contributed by atoms with Crippen molar-refractivity contribution < 1.29 is 9.21 Å². The number of carbonyl (C=O) groups excluding carboxylic acids is 1. The van der Waals surface area contributed by atoms with Crippen LogP contribution in [0.2, 0.25) is 0 Å². The Labute approximate surface area is 112 Å². The maximum Gasteiger partial charge on any atom is 0.277 e. The summed E-state index contributed by atoms with van der Waals surface area (Å²) in [5.41, 5.74) is 0. The van der Waals surface area contributed by atoms with E-state index in [1.807, 2.05) is 32.8 Å². The number of amides is 1. The van der Waals surface area contributed by atoms with Crippen molar-refractivity contribution in [3.05, 3.63) is 5.89 Å². The molecule has 1 heterocycles. The van der Waals surface area contributed by atoms with Gasteiger partial charge in [-0.05, 0) is 27.4 Å². The van der Waals surface area contributed by atoms with Gasteiger partial charge in [0.05, 0.1) is 11.8 Å². The Morgan fingerprint density at radius 3 is 2.83 bits per heavy atom. The van der Waals surface area contributed by atoms with Crippen molar-refractivity contribution in [2.75, 3.05) is 20.6 Å². The maximum atomic E-state index is 11.7. The Kier molecular flexibility index (Phi) is 6.14. The van der Waals surface area contributed by atoms with Gasteiger partial charge in [0, 0.05) is 6.54 Å². The minimum Gasteiger partial charge on any atom is -0.415 e. The highest BCUT2D eigenvalue weighted by atomic mass is 32.2. The highest BCUT2D eigenvalue weighted by Gasteiger charge is 2.17. The summed E-state index contributed by atoms with van der Waals surface area (Å²) < 4.78 is 5.44. The molecule has 1 N–H and O–H groups in total. The zero-order chi connectivity index (χ0) is 13.5. The number of carbonyl (C=O) groups is 1. The quantitative estimate of drug-likeness (QED) is 0.750. The highest BCUT2D eigenvalue weighted by molar-refractivity contribution is 8.00. The Hall–Kier alpha value is -1.08. The maximum absolute atomic E-state index is 11.7. The van der Waals surface area contributed by atoms with Crippen LogP contribution in [0.4, 0.5) is 0 Å². The second kappa shape index (κ2) is 7.38. The van der Waals surface area contributed by atoms with E-state index in [9.17, 15) is 4.79 Å². The lowest BCUT2D eigenvalue weighted by Crippen LogP contribution is -2.31. The lowest BCUT2D eigenvalue weighted by molar-refractivity contribution is -0.120. The average Bonchev–Trinajstić information content (AvgIpc) is 2.72. The van der Waals surface area contributed by atoms with Crippen LogP contribution in [0.5, 0.6) is 0 Å². The van der Waals surface area contributed by atoms with Crippen molar-refractivity contribution in [3.8, 4) is 0 Å². The van der Waals surface area contributed by atoms with E-state index in [-0.39, 0.29) is 11.2 Å². The highest BCUT2D eigenvalue weighted by Crippen LogP contribution is 2.21. The summed E-state index contributed by atoms with van der Waals surface area (Å²) in [5.74, 6) is 0.554. The number of hydrogen-bond donors (Lipinski definition) is 1. The second-order valence-corrected chi connectivity index (χ2v) is 5.54. The van der Waals surface area contributed by atoms with Gasteiger partial charge in [0.1, 0.15) is 0 Å². The van der Waals surface area contributed by atoms with E-state index < -0.39 is 0 Å². The van der Waals surface area contributed by atoms with Gasteiger partial charge in [-0.25, -0.2) is 0 Å². The first-order valence-corrected chi connectivity index (χ1v) is 6.82. The van der Waals surface area contributed by atoms with Gasteiger partial charge in [-0.2, -0.15) is 0 Å². The molecule has 1 amide bonds. The molecule has 0 fully saturated rings. The predicted molar refractivity (Wildman–Crippen MR) is 70.3 cm³/mol. The minimum atomic E-state index is -0.232. The minimum absolute atomic E-state index is 0.00536. The molecule has 0 bridgehead atoms. The van der Waals surface area contributed by atoms with Gasteiger partial charge < -0.3 is 14.6 Å². The zero-order valence-corrected chi connectivity index (χ0v) is 12.1. The van der Waals surface area contributed by atoms with Crippen molar-refractivity contribution in [3.63, 3.8) is 0 Å². The van der Waals surface area contributed by atoms with E-state index in [1.54, 1.807) is 0 Å². The summed E-state index contributed by atoms with van der Waals surface area (Å²) in [4.78, 5) is 13.6. The normalized spacial score (nSPS) is 12.7. The van der Waals surface area contributed by atoms with E-state index in [0.717, 1.165) is 6.42 Å². The van der Waals surface area contributed by atoms with Crippen molar-refractivity contribution in [2.24, 2.45) is 0 Å². The largest absolute Gasteiger partial charge is 0.415 e. The molecule has 0 saturated carbocycles. The molecule has 0 saturated heterocycles. The molecular formula is C11H20N4O2S. The van der Waals surface area contributed by atoms with Crippen molar-refractivity contribution in [1.82, 2.24) is 20.4 Å². The molecule has 0 spiro atoms. The average molecular weight is 272 g/mol. The fourth-order valence-corrected chi connectivity index (χ4v) is 1.94. The van der Waals surface area contributed by atoms with Gasteiger partial charge in [-0.15, -0.1) is 10.2 Å². The van der Waals surface area contributed by atoms with Gasteiger partial charge in [-0.1, -0.05) is 18.7 Å². The van der Waals surface area contributed by atoms with Gasteiger partial charge in [-0.3, -0.25) is 4.79 Å². The molecule has 6 nitrogen and oxygen atoms in total. The molecular weight excluding hydrogens is 252 g/mol. The van der Waals surface area contributed by atoms with E-state index in [2.05, 4.69) is 15.5 Å². The lowest BCUT2D eigenvalue weighted by atomic mass is 10.4. The molecule has 18 heavy (non-hydrogen) atoms. The van der Waals surface area contributed by atoms with Crippen LogP contribution in [-0.2, 0) is 11.3 Å². The van der Waals surface area contributed by atoms with Crippen molar-refractivity contribution >= 4 is 17.7 Å². The molecule has 0 aliphatic rings. The molecule has 0 unspecified atom stereocenters. The molecule has 1 aromatic rings. The number of hydrogen-bond acceptors (Lipinski definition) is 6. The lowest BCUT2D eigenvalue weighted by Gasteiger charge is -2.08. The summed E-state index contributed by atoms with van der Waals surface area (Å²) in [6.07, 6.45) is 0.927. The van der Waals surface area contributed by atoms with Gasteiger partial charge in [0.2, 0.25) is 11.8 Å². The summed E-state index contributed by atoms with van der Waals surface area (Å²) in [6, 6.07) is 0. The first-order chi connectivity index (χ1) is 8.52. The topological polar surface area (TPSA) is 71.3 Å². The monoisotopic (exact) mass is 272 g/mol. The predicted octanol–water partition coefficient (Wildman–Crippen LogP) is 1.14. The third-order valence-corrected chi connectivity index (χ3v) is 3.03. The van der Waals surface area contributed by atoms with Crippen molar-refractivity contribution in [2.45, 2.75) is 37.3 Å². The first-order valence-electron chi connectivity index (χ1n) is 5.94. The molecule has 0 radical (unpaired) electrons. The summed E-state index contributed by atoms with van der Waals surface area (Å²) in [7, 11) is 3.86. The second-order valence-electron chi connectivity index (χ2n) is 4.25. The fourth-order valence-electron chi connectivity index (χ4n) is 1.22. The van der Waals surface area contributed by atoms with Crippen LogP contribution in [0.25, 0.3) is 0 Å². The SMILES string of the molecule is CCCNC(=O)[C@@H](C)Sc1nnc(CN(C)C)o1.